The number of hydrogen-bond acceptors (Lipinski definition) is 3. The quantitative estimate of drug-likeness (QED) is 0.339. The Balaban J connectivity index is 0. The van der Waals surface area contributed by atoms with Crippen LogP contribution in [0.25, 0.3) is 0 Å². The van der Waals surface area contributed by atoms with Crippen LogP contribution in [0.3, 0.4) is 0 Å². The summed E-state index contributed by atoms with van der Waals surface area (Å²) in [6, 6.07) is 0. The van der Waals surface area contributed by atoms with Crippen molar-refractivity contribution >= 4 is 8.60 Å². The van der Waals surface area contributed by atoms with E-state index in [1.54, 1.807) is 0 Å². The lowest BCUT2D eigenvalue weighted by Gasteiger charge is -1.76. The molecule has 0 aromatic carbocycles. The summed E-state index contributed by atoms with van der Waals surface area (Å²) >= 11 is 0. The van der Waals surface area contributed by atoms with Gasteiger partial charge in [0.2, 0.25) is 0 Å². The molecule has 0 aromatic rings. The van der Waals surface area contributed by atoms with Crippen LogP contribution in [-0.4, -0.2) is 14.7 Å². The molecule has 0 rings (SSSR count). The zero-order valence-corrected chi connectivity index (χ0v) is 2.68. The predicted molar refractivity (Wildman–Crippen MR) is 14.7 cm³/mol. The minimum absolute atomic E-state index is 0. The van der Waals surface area contributed by atoms with Crippen molar-refractivity contribution in [2.75, 3.05) is 0 Å². The van der Waals surface area contributed by atoms with Crippen molar-refractivity contribution in [3.8, 4) is 0 Å². The van der Waals surface area contributed by atoms with E-state index in [0.717, 1.165) is 0 Å². The van der Waals surface area contributed by atoms with E-state index in [4.69, 9.17) is 14.7 Å². The Morgan fingerprint density at radius 2 is 1.25 bits per heavy atom. The van der Waals surface area contributed by atoms with Crippen LogP contribution in [0.2, 0.25) is 0 Å². The van der Waals surface area contributed by atoms with Crippen molar-refractivity contribution in [1.29, 1.82) is 0 Å². The first-order valence-corrected chi connectivity index (χ1v) is 1.80. The zero-order valence-electron chi connectivity index (χ0n) is 2.79. The molecule has 0 unspecified atom stereocenters. The van der Waals surface area contributed by atoms with Gasteiger partial charge in [0.05, 0.1) is 0 Å². The van der Waals surface area contributed by atoms with Crippen LogP contribution in [0.4, 0.5) is 0 Å². The van der Waals surface area contributed by atoms with Gasteiger partial charge in [0, 0.05) is 0 Å². The largest absolute Gasteiger partial charge is 1.00 e. The maximum Gasteiger partial charge on any atom is 1.00 e. The molecular weight excluding hydrogens is 79.0 g/mol. The van der Waals surface area contributed by atoms with Gasteiger partial charge in [-0.25, -0.2) is 0 Å². The van der Waals surface area contributed by atoms with Gasteiger partial charge >= 0.3 is 10.0 Å². The van der Waals surface area contributed by atoms with Crippen LogP contribution in [0, 0.1) is 0 Å². The second-order valence-corrected chi connectivity index (χ2v) is 0.805. The highest BCUT2D eigenvalue weighted by Crippen LogP contribution is 2.11. The smallest absolute Gasteiger partial charge is 0.328 e. The molecule has 0 aliphatic carbocycles. The first-order valence-electron chi connectivity index (χ1n) is 0.600. The van der Waals surface area contributed by atoms with E-state index in [1.807, 2.05) is 0 Å². The molecule has 3 N–H and O–H groups in total. The third-order valence-electron chi connectivity index (χ3n) is 0. The van der Waals surface area contributed by atoms with Gasteiger partial charge in [0.25, 0.3) is 0 Å². The minimum atomic E-state index is -2.62. The topological polar surface area (TPSA) is 60.7 Å². The summed E-state index contributed by atoms with van der Waals surface area (Å²) in [6.45, 7) is 0. The highest BCUT2D eigenvalue weighted by molar-refractivity contribution is 7.38. The standard InChI is InChI=1S/H3O3P/c1-4(2)3/h1-3H/p+1. The molecule has 0 aliphatic heterocycles. The fraction of sp³-hybridized carbons (Fsp3) is 0. The summed E-state index contributed by atoms with van der Waals surface area (Å²) in [7, 11) is -2.62. The molecule has 0 fully saturated rings. The van der Waals surface area contributed by atoms with Crippen LogP contribution in [0.5, 0.6) is 0 Å². The fourth-order valence-electron chi connectivity index (χ4n) is 0. The molecular formula is H4O3P+. The minimum Gasteiger partial charge on any atom is -0.328 e. The maximum atomic E-state index is 7.23. The lowest BCUT2D eigenvalue weighted by Crippen LogP contribution is -1.54. The van der Waals surface area contributed by atoms with Gasteiger partial charge in [-0.2, -0.15) is 0 Å². The van der Waals surface area contributed by atoms with Gasteiger partial charge < -0.3 is 14.7 Å². The zero-order chi connectivity index (χ0) is 3.58. The molecule has 4 heavy (non-hydrogen) atoms. The van der Waals surface area contributed by atoms with Gasteiger partial charge in [-0.05, 0) is 0 Å². The molecule has 26 valence electrons. The first kappa shape index (κ1) is 4.31. The van der Waals surface area contributed by atoms with Crippen molar-refractivity contribution < 1.29 is 16.1 Å². The normalized spacial score (nSPS) is 9.00. The van der Waals surface area contributed by atoms with Crippen molar-refractivity contribution in [2.24, 2.45) is 0 Å². The van der Waals surface area contributed by atoms with Crippen LogP contribution in [0.15, 0.2) is 0 Å². The molecule has 0 aromatic heterocycles. The van der Waals surface area contributed by atoms with Crippen molar-refractivity contribution in [3.63, 3.8) is 0 Å². The molecule has 0 heterocycles. The lowest BCUT2D eigenvalue weighted by atomic mass is 15.8. The van der Waals surface area contributed by atoms with E-state index in [-0.39, 0.29) is 1.43 Å². The summed E-state index contributed by atoms with van der Waals surface area (Å²) in [5, 5.41) is 0. The van der Waals surface area contributed by atoms with E-state index < -0.39 is 8.60 Å². The fourth-order valence-corrected chi connectivity index (χ4v) is 0. The van der Waals surface area contributed by atoms with E-state index in [9.17, 15) is 0 Å². The first-order chi connectivity index (χ1) is 1.73. The molecule has 0 saturated heterocycles. The molecule has 0 aliphatic rings. The molecule has 0 bridgehead atoms. The van der Waals surface area contributed by atoms with E-state index in [2.05, 4.69) is 0 Å². The molecule has 3 nitrogen and oxygen atoms in total. The third kappa shape index (κ3) is 41.3. The van der Waals surface area contributed by atoms with E-state index >= 15 is 0 Å². The Kier molecular flexibility index (Phi) is 1.74. The Morgan fingerprint density at radius 1 is 1.25 bits per heavy atom. The van der Waals surface area contributed by atoms with Crippen LogP contribution < -0.4 is 0 Å². The molecule has 0 amide bonds. The Morgan fingerprint density at radius 3 is 1.25 bits per heavy atom. The highest BCUT2D eigenvalue weighted by Gasteiger charge is 1.76. The second kappa shape index (κ2) is 1.61. The average Bonchev–Trinajstić information content (AvgIpc) is 0.811. The molecule has 0 spiro atoms. The summed E-state index contributed by atoms with van der Waals surface area (Å²) in [6.07, 6.45) is 0. The lowest BCUT2D eigenvalue weighted by molar-refractivity contribution is 0.368. The van der Waals surface area contributed by atoms with Gasteiger partial charge in [-0.1, -0.05) is 0 Å². The monoisotopic (exact) mass is 83.0 g/mol. The summed E-state index contributed by atoms with van der Waals surface area (Å²) in [4.78, 5) is 21.7. The van der Waals surface area contributed by atoms with Gasteiger partial charge in [-0.15, -0.1) is 0 Å². The molecule has 0 atom stereocenters. The van der Waals surface area contributed by atoms with Gasteiger partial charge in [-0.3, -0.25) is 0 Å². The van der Waals surface area contributed by atoms with Crippen LogP contribution in [-0.2, 0) is 0 Å². The van der Waals surface area contributed by atoms with E-state index in [1.165, 1.54) is 0 Å². The second-order valence-electron chi connectivity index (χ2n) is 0.268. The molecule has 0 radical (unpaired) electrons. The predicted octanol–water partition coefficient (Wildman–Crippen LogP) is -0.697. The highest BCUT2D eigenvalue weighted by atomic mass is 31.2. The third-order valence-corrected chi connectivity index (χ3v) is 0. The van der Waals surface area contributed by atoms with Crippen LogP contribution in [0.1, 0.15) is 1.43 Å². The Bertz CT molecular complexity index is 11.6. The summed E-state index contributed by atoms with van der Waals surface area (Å²) in [5.74, 6) is 0. The van der Waals surface area contributed by atoms with Crippen molar-refractivity contribution in [3.05, 3.63) is 0 Å². The maximum absolute atomic E-state index is 7.23. The van der Waals surface area contributed by atoms with Crippen molar-refractivity contribution in [2.45, 2.75) is 0 Å². The van der Waals surface area contributed by atoms with Gasteiger partial charge in [0.15, 0.2) is 0 Å². The van der Waals surface area contributed by atoms with Crippen molar-refractivity contribution in [1.82, 2.24) is 0 Å². The average molecular weight is 83.0 g/mol. The SMILES string of the molecule is OP(O)O.[H+]. The number of hydrogen-bond donors (Lipinski definition) is 3. The van der Waals surface area contributed by atoms with E-state index in [0.29, 0.717) is 0 Å². The summed E-state index contributed by atoms with van der Waals surface area (Å²) < 4.78 is 0. The number of rotatable bonds is 0. The van der Waals surface area contributed by atoms with Gasteiger partial charge in [0.1, 0.15) is 0 Å². The Labute approximate surface area is 26.0 Å². The molecule has 0 saturated carbocycles. The van der Waals surface area contributed by atoms with Crippen LogP contribution >= 0.6 is 8.60 Å². The summed E-state index contributed by atoms with van der Waals surface area (Å²) in [5.41, 5.74) is 0. The Hall–Kier alpha value is 0.310. The molecule has 4 heteroatoms.